The molecule has 2 rings (SSSR count). The summed E-state index contributed by atoms with van der Waals surface area (Å²) in [7, 11) is 0. The predicted molar refractivity (Wildman–Crippen MR) is 56.2 cm³/mol. The molecule has 2 aromatic rings. The molecule has 3 heteroatoms. The molecular formula is C11H9ClFN. The molecule has 0 radical (unpaired) electrons. The number of aromatic nitrogens is 1. The second kappa shape index (κ2) is 3.21. The Morgan fingerprint density at radius 2 is 1.93 bits per heavy atom. The molecule has 1 nitrogen and oxygen atoms in total. The first-order valence-electron chi connectivity index (χ1n) is 4.31. The van der Waals surface area contributed by atoms with Crippen LogP contribution >= 0.6 is 11.6 Å². The topological polar surface area (TPSA) is 12.9 Å². The van der Waals surface area contributed by atoms with E-state index in [4.69, 9.17) is 11.6 Å². The molecule has 1 aromatic heterocycles. The van der Waals surface area contributed by atoms with Crippen LogP contribution < -0.4 is 0 Å². The van der Waals surface area contributed by atoms with E-state index in [9.17, 15) is 4.39 Å². The van der Waals surface area contributed by atoms with Crippen molar-refractivity contribution < 1.29 is 4.39 Å². The highest BCUT2D eigenvalue weighted by Crippen LogP contribution is 2.25. The predicted octanol–water partition coefficient (Wildman–Crippen LogP) is 3.64. The van der Waals surface area contributed by atoms with E-state index in [-0.39, 0.29) is 5.82 Å². The molecule has 0 bridgehead atoms. The van der Waals surface area contributed by atoms with Crippen molar-refractivity contribution in [1.82, 2.24) is 4.98 Å². The third kappa shape index (κ3) is 1.46. The molecule has 1 heterocycles. The lowest BCUT2D eigenvalue weighted by Crippen LogP contribution is -1.88. The lowest BCUT2D eigenvalue weighted by molar-refractivity contribution is 0.620. The van der Waals surface area contributed by atoms with Gasteiger partial charge in [0.2, 0.25) is 0 Å². The molecule has 0 saturated carbocycles. The van der Waals surface area contributed by atoms with E-state index in [1.165, 1.54) is 6.07 Å². The normalized spacial score (nSPS) is 10.9. The summed E-state index contributed by atoms with van der Waals surface area (Å²) in [6, 6.07) is 4.92. The van der Waals surface area contributed by atoms with Crippen LogP contribution in [0.15, 0.2) is 18.2 Å². The molecule has 0 spiro atoms. The Morgan fingerprint density at radius 1 is 1.21 bits per heavy atom. The first-order chi connectivity index (χ1) is 6.58. The Morgan fingerprint density at radius 3 is 2.64 bits per heavy atom. The van der Waals surface area contributed by atoms with Gasteiger partial charge in [0.1, 0.15) is 5.82 Å². The highest BCUT2D eigenvalue weighted by Gasteiger charge is 2.05. The summed E-state index contributed by atoms with van der Waals surface area (Å²) < 4.78 is 13.2. The van der Waals surface area contributed by atoms with Gasteiger partial charge in [0.05, 0.1) is 10.5 Å². The number of hydrogen-bond acceptors (Lipinski definition) is 1. The van der Waals surface area contributed by atoms with Crippen LogP contribution in [0.4, 0.5) is 4.39 Å². The number of aryl methyl sites for hydroxylation is 2. The summed E-state index contributed by atoms with van der Waals surface area (Å²) in [4.78, 5) is 4.21. The average molecular weight is 210 g/mol. The molecule has 72 valence electrons. The molecule has 0 amide bonds. The van der Waals surface area contributed by atoms with Crippen molar-refractivity contribution in [3.8, 4) is 0 Å². The molecular weight excluding hydrogens is 201 g/mol. The highest BCUT2D eigenvalue weighted by atomic mass is 35.5. The minimum Gasteiger partial charge on any atom is -0.253 e. The molecule has 14 heavy (non-hydrogen) atoms. The Labute approximate surface area is 86.5 Å². The Kier molecular flexibility index (Phi) is 2.16. The van der Waals surface area contributed by atoms with Gasteiger partial charge in [-0.05, 0) is 31.5 Å². The van der Waals surface area contributed by atoms with Crippen LogP contribution in [-0.2, 0) is 0 Å². The SMILES string of the molecule is Cc1cc(Cl)c2cc(C)c(F)cc2n1. The first-order valence-corrected chi connectivity index (χ1v) is 4.69. The molecule has 0 atom stereocenters. The quantitative estimate of drug-likeness (QED) is 0.646. The number of nitrogens with zero attached hydrogens (tertiary/aromatic N) is 1. The molecule has 0 unspecified atom stereocenters. The van der Waals surface area contributed by atoms with Gasteiger partial charge < -0.3 is 0 Å². The zero-order chi connectivity index (χ0) is 10.3. The van der Waals surface area contributed by atoms with Gasteiger partial charge in [0.15, 0.2) is 0 Å². The maximum Gasteiger partial charge on any atom is 0.128 e. The average Bonchev–Trinajstić information content (AvgIpc) is 2.08. The minimum atomic E-state index is -0.244. The summed E-state index contributed by atoms with van der Waals surface area (Å²) in [6.45, 7) is 3.55. The second-order valence-electron chi connectivity index (χ2n) is 3.36. The van der Waals surface area contributed by atoms with Crippen LogP contribution in [0.5, 0.6) is 0 Å². The number of pyridine rings is 1. The zero-order valence-corrected chi connectivity index (χ0v) is 8.69. The van der Waals surface area contributed by atoms with Gasteiger partial charge in [-0.15, -0.1) is 0 Å². The number of hydrogen-bond donors (Lipinski definition) is 0. The fraction of sp³-hybridized carbons (Fsp3) is 0.182. The summed E-state index contributed by atoms with van der Waals surface area (Å²) in [5, 5.41) is 1.42. The molecule has 0 fully saturated rings. The van der Waals surface area contributed by atoms with Gasteiger partial charge in [0, 0.05) is 17.1 Å². The van der Waals surface area contributed by atoms with Crippen molar-refractivity contribution >= 4 is 22.5 Å². The summed E-state index contributed by atoms with van der Waals surface area (Å²) >= 11 is 6.02. The fourth-order valence-electron chi connectivity index (χ4n) is 1.44. The van der Waals surface area contributed by atoms with Gasteiger partial charge in [-0.2, -0.15) is 0 Å². The molecule has 1 aromatic carbocycles. The van der Waals surface area contributed by atoms with Crippen molar-refractivity contribution in [2.75, 3.05) is 0 Å². The van der Waals surface area contributed by atoms with Gasteiger partial charge >= 0.3 is 0 Å². The van der Waals surface area contributed by atoms with Crippen molar-refractivity contribution in [3.05, 3.63) is 40.3 Å². The first kappa shape index (κ1) is 9.41. The smallest absolute Gasteiger partial charge is 0.128 e. The van der Waals surface area contributed by atoms with Crippen molar-refractivity contribution in [1.29, 1.82) is 0 Å². The van der Waals surface area contributed by atoms with E-state index >= 15 is 0 Å². The number of benzene rings is 1. The van der Waals surface area contributed by atoms with E-state index < -0.39 is 0 Å². The van der Waals surface area contributed by atoms with Crippen LogP contribution in [0, 0.1) is 19.7 Å². The summed E-state index contributed by atoms with van der Waals surface area (Å²) in [5.41, 5.74) is 1.99. The molecule has 0 saturated heterocycles. The molecule has 0 aliphatic carbocycles. The minimum absolute atomic E-state index is 0.244. The lowest BCUT2D eigenvalue weighted by Gasteiger charge is -2.04. The van der Waals surface area contributed by atoms with Crippen LogP contribution in [-0.4, -0.2) is 4.98 Å². The number of halogens is 2. The van der Waals surface area contributed by atoms with Crippen LogP contribution in [0.3, 0.4) is 0 Å². The number of rotatable bonds is 0. The van der Waals surface area contributed by atoms with E-state index in [0.29, 0.717) is 16.1 Å². The van der Waals surface area contributed by atoms with Crippen molar-refractivity contribution in [3.63, 3.8) is 0 Å². The van der Waals surface area contributed by atoms with Gasteiger partial charge in [0.25, 0.3) is 0 Å². The largest absolute Gasteiger partial charge is 0.253 e. The number of fused-ring (bicyclic) bond motifs is 1. The van der Waals surface area contributed by atoms with Gasteiger partial charge in [-0.3, -0.25) is 4.98 Å². The summed E-state index contributed by atoms with van der Waals surface area (Å²) in [5.74, 6) is -0.244. The highest BCUT2D eigenvalue weighted by molar-refractivity contribution is 6.35. The maximum absolute atomic E-state index is 13.2. The zero-order valence-electron chi connectivity index (χ0n) is 7.94. The van der Waals surface area contributed by atoms with Crippen molar-refractivity contribution in [2.24, 2.45) is 0 Å². The maximum atomic E-state index is 13.2. The fourth-order valence-corrected chi connectivity index (χ4v) is 1.75. The molecule has 0 aliphatic rings. The Bertz CT molecular complexity index is 508. The van der Waals surface area contributed by atoms with Crippen LogP contribution in [0.1, 0.15) is 11.3 Å². The molecule has 0 aliphatic heterocycles. The monoisotopic (exact) mass is 209 g/mol. The van der Waals surface area contributed by atoms with E-state index in [0.717, 1.165) is 11.1 Å². The Hall–Kier alpha value is -1.15. The van der Waals surface area contributed by atoms with Gasteiger partial charge in [-0.1, -0.05) is 11.6 Å². The van der Waals surface area contributed by atoms with E-state index in [1.54, 1.807) is 19.1 Å². The third-order valence-corrected chi connectivity index (χ3v) is 2.48. The lowest BCUT2D eigenvalue weighted by atomic mass is 10.1. The van der Waals surface area contributed by atoms with Gasteiger partial charge in [-0.25, -0.2) is 4.39 Å². The molecule has 0 N–H and O–H groups in total. The second-order valence-corrected chi connectivity index (χ2v) is 3.77. The van der Waals surface area contributed by atoms with E-state index in [1.807, 2.05) is 6.92 Å². The van der Waals surface area contributed by atoms with Crippen molar-refractivity contribution in [2.45, 2.75) is 13.8 Å². The van der Waals surface area contributed by atoms with Crippen LogP contribution in [0.2, 0.25) is 5.02 Å². The third-order valence-electron chi connectivity index (χ3n) is 2.17. The van der Waals surface area contributed by atoms with E-state index in [2.05, 4.69) is 4.98 Å². The standard InChI is InChI=1S/C11H9ClFN/c1-6-3-8-9(12)4-7(2)14-11(8)5-10(6)13/h3-5H,1-2H3. The Balaban J connectivity index is 2.89. The van der Waals surface area contributed by atoms with Crippen LogP contribution in [0.25, 0.3) is 10.9 Å². The summed E-state index contributed by atoms with van der Waals surface area (Å²) in [6.07, 6.45) is 0.